The van der Waals surface area contributed by atoms with E-state index in [4.69, 9.17) is 9.15 Å². The van der Waals surface area contributed by atoms with Crippen molar-refractivity contribution >= 4 is 11.4 Å². The summed E-state index contributed by atoms with van der Waals surface area (Å²) in [6, 6.07) is 18.1. The summed E-state index contributed by atoms with van der Waals surface area (Å²) >= 11 is 0. The standard InChI is InChI=1S/C21H17N3O4/c1-13-6-11-20(27-13)17-12-18-16-4-2-3-5-19(16)28-21(23(18)22-17)14-7-9-15(10-8-14)24(25)26/h2-12,18,21-22H,1H3. The van der Waals surface area contributed by atoms with E-state index >= 15 is 0 Å². The van der Waals surface area contributed by atoms with Crippen molar-refractivity contribution in [2.45, 2.75) is 19.2 Å². The number of nitrogens with zero attached hydrogens (tertiary/aromatic N) is 2. The third-order valence-corrected chi connectivity index (χ3v) is 5.00. The maximum Gasteiger partial charge on any atom is 0.269 e. The molecule has 7 heteroatoms. The number of nitro benzene ring substituents is 1. The van der Waals surface area contributed by atoms with Gasteiger partial charge in [0.1, 0.15) is 11.5 Å². The van der Waals surface area contributed by atoms with Crippen molar-refractivity contribution in [1.29, 1.82) is 0 Å². The summed E-state index contributed by atoms with van der Waals surface area (Å²) in [5.74, 6) is 2.39. The zero-order valence-corrected chi connectivity index (χ0v) is 15.0. The van der Waals surface area contributed by atoms with Gasteiger partial charge >= 0.3 is 0 Å². The second-order valence-corrected chi connectivity index (χ2v) is 6.81. The molecule has 0 saturated heterocycles. The summed E-state index contributed by atoms with van der Waals surface area (Å²) in [5, 5.41) is 13.0. The Hall–Kier alpha value is -3.58. The molecule has 5 rings (SSSR count). The Labute approximate surface area is 161 Å². The number of rotatable bonds is 3. The number of hydrogen-bond donors (Lipinski definition) is 1. The summed E-state index contributed by atoms with van der Waals surface area (Å²) in [6.45, 7) is 1.91. The largest absolute Gasteiger partial charge is 0.469 e. The second kappa shape index (κ2) is 6.24. The van der Waals surface area contributed by atoms with Gasteiger partial charge in [0.2, 0.25) is 0 Å². The van der Waals surface area contributed by atoms with E-state index in [1.165, 1.54) is 12.1 Å². The van der Waals surface area contributed by atoms with Crippen molar-refractivity contribution in [1.82, 2.24) is 10.4 Å². The zero-order valence-electron chi connectivity index (χ0n) is 15.0. The Balaban J connectivity index is 1.55. The van der Waals surface area contributed by atoms with Crippen LogP contribution in [-0.2, 0) is 0 Å². The van der Waals surface area contributed by atoms with Crippen molar-refractivity contribution in [2.24, 2.45) is 0 Å². The van der Waals surface area contributed by atoms with Crippen LogP contribution < -0.4 is 10.2 Å². The van der Waals surface area contributed by atoms with Crippen molar-refractivity contribution in [2.75, 3.05) is 0 Å². The number of aryl methyl sites for hydroxylation is 1. The van der Waals surface area contributed by atoms with Crippen LogP contribution in [0, 0.1) is 17.0 Å². The number of furan rings is 1. The number of benzene rings is 2. The van der Waals surface area contributed by atoms with Crippen LogP contribution >= 0.6 is 0 Å². The topological polar surface area (TPSA) is 80.8 Å². The Morgan fingerprint density at radius 1 is 1.07 bits per heavy atom. The van der Waals surface area contributed by atoms with Crippen LogP contribution in [0.5, 0.6) is 5.75 Å². The van der Waals surface area contributed by atoms with Crippen LogP contribution in [0.15, 0.2) is 71.2 Å². The molecule has 1 aromatic heterocycles. The second-order valence-electron chi connectivity index (χ2n) is 6.81. The summed E-state index contributed by atoms with van der Waals surface area (Å²) in [7, 11) is 0. The van der Waals surface area contributed by atoms with E-state index in [9.17, 15) is 10.1 Å². The number of nitro groups is 1. The van der Waals surface area contributed by atoms with Gasteiger partial charge in [0.25, 0.3) is 5.69 Å². The van der Waals surface area contributed by atoms with Crippen LogP contribution in [0.1, 0.15) is 34.9 Å². The molecule has 0 bridgehead atoms. The quantitative estimate of drug-likeness (QED) is 0.537. The highest BCUT2D eigenvalue weighted by Gasteiger charge is 2.40. The molecule has 2 unspecified atom stereocenters. The Bertz CT molecular complexity index is 1090. The lowest BCUT2D eigenvalue weighted by Gasteiger charge is -2.38. The summed E-state index contributed by atoms with van der Waals surface area (Å²) in [6.07, 6.45) is 1.67. The monoisotopic (exact) mass is 375 g/mol. The smallest absolute Gasteiger partial charge is 0.269 e. The average molecular weight is 375 g/mol. The maximum absolute atomic E-state index is 11.0. The molecule has 1 N–H and O–H groups in total. The first kappa shape index (κ1) is 16.6. The third kappa shape index (κ3) is 2.64. The van der Waals surface area contributed by atoms with Crippen LogP contribution in [0.25, 0.3) is 5.70 Å². The molecule has 0 fully saturated rings. The first-order chi connectivity index (χ1) is 13.6. The summed E-state index contributed by atoms with van der Waals surface area (Å²) < 4.78 is 12.0. The lowest BCUT2D eigenvalue weighted by Crippen LogP contribution is -2.43. The van der Waals surface area contributed by atoms with Gasteiger partial charge in [0.15, 0.2) is 12.0 Å². The highest BCUT2D eigenvalue weighted by Crippen LogP contribution is 2.46. The van der Waals surface area contributed by atoms with Crippen LogP contribution in [0.2, 0.25) is 0 Å². The molecule has 0 radical (unpaired) electrons. The van der Waals surface area contributed by atoms with Gasteiger partial charge in [-0.2, -0.15) is 5.01 Å². The van der Waals surface area contributed by atoms with E-state index < -0.39 is 11.2 Å². The molecule has 3 aromatic rings. The van der Waals surface area contributed by atoms with Crippen LogP contribution in [-0.4, -0.2) is 9.93 Å². The van der Waals surface area contributed by atoms with Gasteiger partial charge in [0, 0.05) is 23.3 Å². The third-order valence-electron chi connectivity index (χ3n) is 5.00. The number of non-ortho nitro benzene ring substituents is 1. The van der Waals surface area contributed by atoms with E-state index in [1.54, 1.807) is 12.1 Å². The van der Waals surface area contributed by atoms with Gasteiger partial charge in [0.05, 0.1) is 16.7 Å². The number of nitrogens with one attached hydrogen (secondary N) is 1. The molecule has 7 nitrogen and oxygen atoms in total. The van der Waals surface area contributed by atoms with E-state index in [-0.39, 0.29) is 11.7 Å². The van der Waals surface area contributed by atoms with Crippen LogP contribution in [0.4, 0.5) is 5.69 Å². The Morgan fingerprint density at radius 3 is 2.57 bits per heavy atom. The molecule has 0 amide bonds. The van der Waals surface area contributed by atoms with Gasteiger partial charge < -0.3 is 14.6 Å². The number of hydrogen-bond acceptors (Lipinski definition) is 6. The van der Waals surface area contributed by atoms with E-state index in [1.807, 2.05) is 48.3 Å². The molecule has 0 spiro atoms. The van der Waals surface area contributed by atoms with Gasteiger partial charge in [-0.15, -0.1) is 0 Å². The Kier molecular flexibility index (Phi) is 3.70. The highest BCUT2D eigenvalue weighted by atomic mass is 16.6. The van der Waals surface area contributed by atoms with Gasteiger partial charge in [-0.1, -0.05) is 18.2 Å². The van der Waals surface area contributed by atoms with E-state index in [0.717, 1.165) is 34.1 Å². The molecule has 28 heavy (non-hydrogen) atoms. The van der Waals surface area contributed by atoms with E-state index in [2.05, 4.69) is 11.5 Å². The fourth-order valence-electron chi connectivity index (χ4n) is 3.64. The average Bonchev–Trinajstić information content (AvgIpc) is 3.34. The highest BCUT2D eigenvalue weighted by molar-refractivity contribution is 5.64. The molecule has 2 atom stereocenters. The van der Waals surface area contributed by atoms with Crippen molar-refractivity contribution in [3.05, 3.63) is 99.5 Å². The zero-order chi connectivity index (χ0) is 19.3. The lowest BCUT2D eigenvalue weighted by molar-refractivity contribution is -0.384. The Morgan fingerprint density at radius 2 is 1.86 bits per heavy atom. The molecule has 2 aliphatic rings. The molecule has 2 aromatic carbocycles. The van der Waals surface area contributed by atoms with E-state index in [0.29, 0.717) is 0 Å². The van der Waals surface area contributed by atoms with Gasteiger partial charge in [-0.3, -0.25) is 10.1 Å². The maximum atomic E-state index is 11.0. The molecule has 140 valence electrons. The van der Waals surface area contributed by atoms with Gasteiger partial charge in [-0.25, -0.2) is 0 Å². The lowest BCUT2D eigenvalue weighted by atomic mass is 10.0. The predicted octanol–water partition coefficient (Wildman–Crippen LogP) is 4.49. The minimum absolute atomic E-state index is 0.0504. The van der Waals surface area contributed by atoms with Gasteiger partial charge in [-0.05, 0) is 43.3 Å². The minimum Gasteiger partial charge on any atom is -0.469 e. The summed E-state index contributed by atoms with van der Waals surface area (Å²) in [4.78, 5) is 10.6. The number of ether oxygens (including phenoxy) is 1. The molecule has 2 aliphatic heterocycles. The fraction of sp³-hybridized carbons (Fsp3) is 0.143. The first-order valence-electron chi connectivity index (χ1n) is 8.94. The normalized spacial score (nSPS) is 20.5. The summed E-state index contributed by atoms with van der Waals surface area (Å²) in [5.41, 5.74) is 6.18. The predicted molar refractivity (Wildman–Crippen MR) is 102 cm³/mol. The number of hydrazine groups is 1. The molecular formula is C21H17N3O4. The van der Waals surface area contributed by atoms with Crippen molar-refractivity contribution in [3.8, 4) is 5.75 Å². The molecule has 0 aliphatic carbocycles. The number of para-hydroxylation sites is 1. The minimum atomic E-state index is -0.439. The van der Waals surface area contributed by atoms with Crippen molar-refractivity contribution in [3.63, 3.8) is 0 Å². The van der Waals surface area contributed by atoms with Crippen LogP contribution in [0.3, 0.4) is 0 Å². The molecular weight excluding hydrogens is 358 g/mol. The first-order valence-corrected chi connectivity index (χ1v) is 8.94. The molecule has 0 saturated carbocycles. The SMILES string of the molecule is Cc1ccc(C2=CC3c4ccccc4OC(c4ccc([N+](=O)[O-])cc4)N3N2)o1. The fourth-order valence-corrected chi connectivity index (χ4v) is 3.64. The molecule has 3 heterocycles. The number of fused-ring (bicyclic) bond motifs is 3. The van der Waals surface area contributed by atoms with Crippen molar-refractivity contribution < 1.29 is 14.1 Å².